The van der Waals surface area contributed by atoms with Gasteiger partial charge in [0.2, 0.25) is 0 Å². The fourth-order valence-electron chi connectivity index (χ4n) is 2.16. The quantitative estimate of drug-likeness (QED) is 0.809. The van der Waals surface area contributed by atoms with Crippen molar-refractivity contribution in [1.29, 1.82) is 0 Å². The van der Waals surface area contributed by atoms with Crippen LogP contribution in [0.3, 0.4) is 0 Å². The summed E-state index contributed by atoms with van der Waals surface area (Å²) in [6.45, 7) is 3.03. The van der Waals surface area contributed by atoms with Crippen LogP contribution >= 0.6 is 0 Å². The van der Waals surface area contributed by atoms with Crippen LogP contribution in [0.4, 0.5) is 14.5 Å². The average Bonchev–Trinajstić information content (AvgIpc) is 2.57. The predicted molar refractivity (Wildman–Crippen MR) is 90.0 cm³/mol. The van der Waals surface area contributed by atoms with Crippen LogP contribution < -0.4 is 5.32 Å². The average molecular weight is 347 g/mol. The minimum atomic E-state index is -1.04. The largest absolute Gasteiger partial charge is 0.453 e. The van der Waals surface area contributed by atoms with Crippen molar-refractivity contribution in [2.75, 3.05) is 5.32 Å². The molecule has 2 aromatic rings. The van der Waals surface area contributed by atoms with Gasteiger partial charge in [-0.3, -0.25) is 9.59 Å². The molecule has 2 aromatic carbocycles. The summed E-state index contributed by atoms with van der Waals surface area (Å²) in [5, 5.41) is 2.48. The Morgan fingerprint density at radius 3 is 2.52 bits per heavy atom. The maximum atomic E-state index is 13.5. The summed E-state index contributed by atoms with van der Waals surface area (Å²) in [4.78, 5) is 23.8. The molecule has 0 aliphatic heterocycles. The van der Waals surface area contributed by atoms with Crippen LogP contribution in [0.5, 0.6) is 0 Å². The molecule has 0 fully saturated rings. The Kier molecular flexibility index (Phi) is 6.22. The summed E-state index contributed by atoms with van der Waals surface area (Å²) < 4.78 is 32.0. The van der Waals surface area contributed by atoms with E-state index in [-0.39, 0.29) is 24.3 Å². The molecule has 0 unspecified atom stereocenters. The van der Waals surface area contributed by atoms with Gasteiger partial charge in [-0.25, -0.2) is 8.78 Å². The van der Waals surface area contributed by atoms with Crippen molar-refractivity contribution in [3.8, 4) is 0 Å². The number of carbonyl (C=O) groups excluding carboxylic acids is 2. The molecule has 0 radical (unpaired) electrons. The third-order valence-electron chi connectivity index (χ3n) is 3.67. The second kappa shape index (κ2) is 8.37. The van der Waals surface area contributed by atoms with E-state index < -0.39 is 23.8 Å². The summed E-state index contributed by atoms with van der Waals surface area (Å²) in [5.41, 5.74) is 1.15. The standard InChI is InChI=1S/C19H19F2NO3/c1-12-7-9-15(11-17(12)21)22-19(24)13(2)25-18(23)10-8-14-5-3-4-6-16(14)20/h3-7,9,11,13H,8,10H2,1-2H3,(H,22,24)/t13-/m1/s1. The van der Waals surface area contributed by atoms with Crippen LogP contribution in [0, 0.1) is 18.6 Å². The minimum absolute atomic E-state index is 0.0439. The highest BCUT2D eigenvalue weighted by Crippen LogP contribution is 2.14. The van der Waals surface area contributed by atoms with Crippen molar-refractivity contribution in [1.82, 2.24) is 0 Å². The molecule has 0 aromatic heterocycles. The molecule has 132 valence electrons. The summed E-state index contributed by atoms with van der Waals surface area (Å²) >= 11 is 0. The van der Waals surface area contributed by atoms with Gasteiger partial charge in [0.15, 0.2) is 6.10 Å². The lowest BCUT2D eigenvalue weighted by molar-refractivity contribution is -0.153. The van der Waals surface area contributed by atoms with E-state index in [1.807, 2.05) is 0 Å². The Morgan fingerprint density at radius 1 is 1.12 bits per heavy atom. The number of aryl methyl sites for hydroxylation is 2. The van der Waals surface area contributed by atoms with Crippen molar-refractivity contribution in [3.05, 3.63) is 65.2 Å². The molecule has 0 aliphatic rings. The predicted octanol–water partition coefficient (Wildman–Crippen LogP) is 3.78. The lowest BCUT2D eigenvalue weighted by Gasteiger charge is -2.14. The second-order valence-electron chi connectivity index (χ2n) is 5.68. The number of ether oxygens (including phenoxy) is 1. The Labute approximate surface area is 144 Å². The summed E-state index contributed by atoms with van der Waals surface area (Å²) in [6, 6.07) is 10.4. The SMILES string of the molecule is Cc1ccc(NC(=O)[C@@H](C)OC(=O)CCc2ccccc2F)cc1F. The highest BCUT2D eigenvalue weighted by atomic mass is 19.1. The molecule has 6 heteroatoms. The van der Waals surface area contributed by atoms with Gasteiger partial charge in [0.1, 0.15) is 11.6 Å². The number of nitrogens with one attached hydrogen (secondary N) is 1. The number of hydrogen-bond donors (Lipinski definition) is 1. The first-order valence-electron chi connectivity index (χ1n) is 7.86. The van der Waals surface area contributed by atoms with Gasteiger partial charge in [-0.15, -0.1) is 0 Å². The molecule has 1 amide bonds. The summed E-state index contributed by atoms with van der Waals surface area (Å²) in [7, 11) is 0. The van der Waals surface area contributed by atoms with Gasteiger partial charge in [0, 0.05) is 12.1 Å². The number of amides is 1. The number of benzene rings is 2. The number of rotatable bonds is 6. The Morgan fingerprint density at radius 2 is 1.84 bits per heavy atom. The third kappa shape index (κ3) is 5.38. The van der Waals surface area contributed by atoms with Gasteiger partial charge in [-0.1, -0.05) is 24.3 Å². The zero-order valence-electron chi connectivity index (χ0n) is 14.0. The van der Waals surface area contributed by atoms with Gasteiger partial charge >= 0.3 is 5.97 Å². The van der Waals surface area contributed by atoms with E-state index in [4.69, 9.17) is 4.74 Å². The highest BCUT2D eigenvalue weighted by molar-refractivity contribution is 5.95. The fraction of sp³-hybridized carbons (Fsp3) is 0.263. The van der Waals surface area contributed by atoms with E-state index in [2.05, 4.69) is 5.32 Å². The smallest absolute Gasteiger partial charge is 0.306 e. The minimum Gasteiger partial charge on any atom is -0.453 e. The Balaban J connectivity index is 1.84. The molecule has 0 saturated carbocycles. The van der Waals surface area contributed by atoms with Crippen molar-refractivity contribution >= 4 is 17.6 Å². The van der Waals surface area contributed by atoms with E-state index in [1.54, 1.807) is 31.2 Å². The molecule has 0 saturated heterocycles. The van der Waals surface area contributed by atoms with Gasteiger partial charge in [-0.05, 0) is 49.6 Å². The van der Waals surface area contributed by atoms with Crippen LogP contribution in [0.15, 0.2) is 42.5 Å². The Bertz CT molecular complexity index is 777. The van der Waals surface area contributed by atoms with Gasteiger partial charge < -0.3 is 10.1 Å². The molecule has 0 aliphatic carbocycles. The van der Waals surface area contributed by atoms with Crippen molar-refractivity contribution in [2.24, 2.45) is 0 Å². The van der Waals surface area contributed by atoms with E-state index in [0.29, 0.717) is 11.1 Å². The summed E-state index contributed by atoms with van der Waals surface area (Å²) in [5.74, 6) is -2.00. The molecular formula is C19H19F2NO3. The van der Waals surface area contributed by atoms with Gasteiger partial charge in [-0.2, -0.15) is 0 Å². The molecule has 0 spiro atoms. The monoisotopic (exact) mass is 347 g/mol. The molecule has 0 heterocycles. The summed E-state index contributed by atoms with van der Waals surface area (Å²) in [6.07, 6.45) is -0.904. The first kappa shape index (κ1) is 18.6. The lowest BCUT2D eigenvalue weighted by atomic mass is 10.1. The topological polar surface area (TPSA) is 55.4 Å². The molecule has 1 atom stereocenters. The Hall–Kier alpha value is -2.76. The maximum Gasteiger partial charge on any atom is 0.306 e. The van der Waals surface area contributed by atoms with Crippen LogP contribution in [0.25, 0.3) is 0 Å². The van der Waals surface area contributed by atoms with E-state index in [9.17, 15) is 18.4 Å². The van der Waals surface area contributed by atoms with Gasteiger partial charge in [0.05, 0.1) is 0 Å². The molecule has 2 rings (SSSR count). The van der Waals surface area contributed by atoms with E-state index >= 15 is 0 Å². The molecule has 4 nitrogen and oxygen atoms in total. The van der Waals surface area contributed by atoms with Crippen LogP contribution in [-0.2, 0) is 20.7 Å². The fourth-order valence-corrected chi connectivity index (χ4v) is 2.16. The van der Waals surface area contributed by atoms with E-state index in [1.165, 1.54) is 25.1 Å². The lowest BCUT2D eigenvalue weighted by Crippen LogP contribution is -2.30. The zero-order chi connectivity index (χ0) is 18.4. The van der Waals surface area contributed by atoms with Crippen LogP contribution in [0.1, 0.15) is 24.5 Å². The molecule has 25 heavy (non-hydrogen) atoms. The van der Waals surface area contributed by atoms with Crippen molar-refractivity contribution in [3.63, 3.8) is 0 Å². The maximum absolute atomic E-state index is 13.5. The molecular weight excluding hydrogens is 328 g/mol. The van der Waals surface area contributed by atoms with E-state index in [0.717, 1.165) is 0 Å². The third-order valence-corrected chi connectivity index (χ3v) is 3.67. The number of esters is 1. The first-order valence-corrected chi connectivity index (χ1v) is 7.86. The number of halogens is 2. The normalized spacial score (nSPS) is 11.7. The number of carbonyl (C=O) groups is 2. The van der Waals surface area contributed by atoms with Crippen molar-refractivity contribution in [2.45, 2.75) is 32.8 Å². The van der Waals surface area contributed by atoms with Crippen molar-refractivity contribution < 1.29 is 23.1 Å². The highest BCUT2D eigenvalue weighted by Gasteiger charge is 2.18. The molecule has 0 bridgehead atoms. The number of anilines is 1. The first-order chi connectivity index (χ1) is 11.9. The second-order valence-corrected chi connectivity index (χ2v) is 5.68. The van der Waals surface area contributed by atoms with Crippen LogP contribution in [0.2, 0.25) is 0 Å². The van der Waals surface area contributed by atoms with Gasteiger partial charge in [0.25, 0.3) is 5.91 Å². The van der Waals surface area contributed by atoms with Crippen LogP contribution in [-0.4, -0.2) is 18.0 Å². The molecule has 1 N–H and O–H groups in total. The zero-order valence-corrected chi connectivity index (χ0v) is 14.0. The number of hydrogen-bond acceptors (Lipinski definition) is 3.